The lowest BCUT2D eigenvalue weighted by molar-refractivity contribution is 0.0958. The fourth-order valence-electron chi connectivity index (χ4n) is 1.75. The highest BCUT2D eigenvalue weighted by atomic mass is 35.5. The van der Waals surface area contributed by atoms with E-state index in [1.54, 1.807) is 10.7 Å². The molecular weight excluding hydrogens is 294 g/mol. The number of pyridine rings is 1. The molecule has 0 fully saturated rings. The Kier molecular flexibility index (Phi) is 3.36. The fraction of sp³-hybridized carbons (Fsp3) is 0.0833. The van der Waals surface area contributed by atoms with Gasteiger partial charge in [0.25, 0.3) is 5.91 Å². The van der Waals surface area contributed by atoms with Gasteiger partial charge in [-0.1, -0.05) is 17.7 Å². The summed E-state index contributed by atoms with van der Waals surface area (Å²) in [5, 5.41) is 17.2. The van der Waals surface area contributed by atoms with Crippen LogP contribution in [0.2, 0.25) is 5.15 Å². The van der Waals surface area contributed by atoms with Crippen LogP contribution < -0.4 is 10.6 Å². The first kappa shape index (κ1) is 13.3. The quantitative estimate of drug-likeness (QED) is 0.756. The smallest absolute Gasteiger partial charge is 0.273 e. The highest BCUT2D eigenvalue weighted by Gasteiger charge is 2.15. The molecule has 0 spiro atoms. The lowest BCUT2D eigenvalue weighted by Gasteiger charge is -2.06. The van der Waals surface area contributed by atoms with E-state index in [1.807, 2.05) is 18.2 Å². The summed E-state index contributed by atoms with van der Waals surface area (Å²) in [7, 11) is 1.51. The van der Waals surface area contributed by atoms with Crippen molar-refractivity contribution in [3.05, 3.63) is 41.3 Å². The Morgan fingerprint density at radius 1 is 1.33 bits per heavy atom. The number of nitrogens with one attached hydrogen (secondary N) is 2. The highest BCUT2D eigenvalue weighted by Crippen LogP contribution is 2.20. The monoisotopic (exact) mass is 303 g/mol. The van der Waals surface area contributed by atoms with Crippen LogP contribution in [0.15, 0.2) is 30.5 Å². The minimum atomic E-state index is -0.384. The zero-order chi connectivity index (χ0) is 14.8. The van der Waals surface area contributed by atoms with Crippen LogP contribution in [0.25, 0.3) is 5.65 Å². The Hall–Kier alpha value is -2.74. The van der Waals surface area contributed by atoms with Crippen LogP contribution >= 0.6 is 11.6 Å². The number of hydrogen-bond acceptors (Lipinski definition) is 6. The SMILES string of the molecule is CNC(=O)c1nnc(Cl)cc1Nc1nc2ccccn2n1. The summed E-state index contributed by atoms with van der Waals surface area (Å²) in [6.45, 7) is 0. The first-order valence-electron chi connectivity index (χ1n) is 6.01. The second kappa shape index (κ2) is 5.33. The van der Waals surface area contributed by atoms with Crippen molar-refractivity contribution in [2.45, 2.75) is 0 Å². The van der Waals surface area contributed by atoms with Crippen LogP contribution in [0.4, 0.5) is 11.6 Å². The van der Waals surface area contributed by atoms with E-state index in [-0.39, 0.29) is 16.8 Å². The molecule has 106 valence electrons. The molecule has 0 aliphatic heterocycles. The van der Waals surface area contributed by atoms with E-state index < -0.39 is 0 Å². The molecule has 3 rings (SSSR count). The summed E-state index contributed by atoms with van der Waals surface area (Å²) in [6.07, 6.45) is 1.77. The molecule has 9 heteroatoms. The Labute approximate surface area is 124 Å². The van der Waals surface area contributed by atoms with E-state index in [0.29, 0.717) is 17.3 Å². The maximum Gasteiger partial charge on any atom is 0.273 e. The molecule has 3 aromatic rings. The summed E-state index contributed by atoms with van der Waals surface area (Å²) < 4.78 is 1.61. The highest BCUT2D eigenvalue weighted by molar-refractivity contribution is 6.29. The third kappa shape index (κ3) is 2.61. The number of fused-ring (bicyclic) bond motifs is 1. The second-order valence-electron chi connectivity index (χ2n) is 4.07. The number of carbonyl (C=O) groups is 1. The van der Waals surface area contributed by atoms with Crippen LogP contribution in [0, 0.1) is 0 Å². The first-order valence-corrected chi connectivity index (χ1v) is 6.39. The molecular formula is C12H10ClN7O. The summed E-state index contributed by atoms with van der Waals surface area (Å²) in [4.78, 5) is 16.0. The van der Waals surface area contributed by atoms with Gasteiger partial charge in [-0.05, 0) is 12.1 Å². The number of rotatable bonds is 3. The van der Waals surface area contributed by atoms with Crippen molar-refractivity contribution in [3.8, 4) is 0 Å². The van der Waals surface area contributed by atoms with Gasteiger partial charge in [-0.15, -0.1) is 15.3 Å². The van der Waals surface area contributed by atoms with Gasteiger partial charge in [-0.3, -0.25) is 4.79 Å². The largest absolute Gasteiger partial charge is 0.354 e. The maximum atomic E-state index is 11.8. The van der Waals surface area contributed by atoms with E-state index >= 15 is 0 Å². The van der Waals surface area contributed by atoms with Gasteiger partial charge in [-0.2, -0.15) is 4.98 Å². The average molecular weight is 304 g/mol. The number of halogens is 1. The van der Waals surface area contributed by atoms with E-state index in [1.165, 1.54) is 13.1 Å². The molecule has 3 heterocycles. The van der Waals surface area contributed by atoms with Crippen molar-refractivity contribution in [1.29, 1.82) is 0 Å². The molecule has 0 atom stereocenters. The minimum absolute atomic E-state index is 0.112. The van der Waals surface area contributed by atoms with Crippen molar-refractivity contribution < 1.29 is 4.79 Å². The third-order valence-electron chi connectivity index (χ3n) is 2.69. The summed E-state index contributed by atoms with van der Waals surface area (Å²) in [5.41, 5.74) is 1.17. The Bertz CT molecular complexity index is 783. The summed E-state index contributed by atoms with van der Waals surface area (Å²) in [5.74, 6) is -0.0548. The molecule has 2 N–H and O–H groups in total. The van der Waals surface area contributed by atoms with Crippen molar-refractivity contribution in [2.75, 3.05) is 12.4 Å². The van der Waals surface area contributed by atoms with Gasteiger partial charge in [-0.25, -0.2) is 4.52 Å². The van der Waals surface area contributed by atoms with Crippen LogP contribution in [0.5, 0.6) is 0 Å². The normalized spacial score (nSPS) is 10.6. The predicted octanol–water partition coefficient (Wildman–Crippen LogP) is 1.28. The van der Waals surface area contributed by atoms with Gasteiger partial charge in [0.1, 0.15) is 0 Å². The number of hydrogen-bond donors (Lipinski definition) is 2. The molecule has 1 amide bonds. The van der Waals surface area contributed by atoms with Gasteiger partial charge < -0.3 is 10.6 Å². The lowest BCUT2D eigenvalue weighted by Crippen LogP contribution is -2.21. The number of anilines is 2. The Morgan fingerprint density at radius 3 is 2.95 bits per heavy atom. The molecule has 0 aliphatic rings. The first-order chi connectivity index (χ1) is 10.2. The number of aromatic nitrogens is 5. The molecule has 0 unspecified atom stereocenters. The van der Waals surface area contributed by atoms with Gasteiger partial charge >= 0.3 is 0 Å². The van der Waals surface area contributed by atoms with E-state index in [2.05, 4.69) is 30.9 Å². The zero-order valence-electron chi connectivity index (χ0n) is 10.9. The molecule has 0 saturated heterocycles. The van der Waals surface area contributed by atoms with E-state index in [4.69, 9.17) is 11.6 Å². The lowest BCUT2D eigenvalue weighted by atomic mass is 10.3. The molecule has 0 aromatic carbocycles. The predicted molar refractivity (Wildman–Crippen MR) is 76.7 cm³/mol. The maximum absolute atomic E-state index is 11.8. The molecule has 0 radical (unpaired) electrons. The number of nitrogens with zero attached hydrogens (tertiary/aromatic N) is 5. The van der Waals surface area contributed by atoms with Gasteiger partial charge in [0.05, 0.1) is 5.69 Å². The van der Waals surface area contributed by atoms with Crippen LogP contribution in [0.1, 0.15) is 10.5 Å². The zero-order valence-corrected chi connectivity index (χ0v) is 11.7. The molecule has 0 bridgehead atoms. The topological polar surface area (TPSA) is 97.1 Å². The second-order valence-corrected chi connectivity index (χ2v) is 4.46. The molecule has 0 aliphatic carbocycles. The molecule has 3 aromatic heterocycles. The van der Waals surface area contributed by atoms with Gasteiger partial charge in [0.2, 0.25) is 5.95 Å². The summed E-state index contributed by atoms with van der Waals surface area (Å²) >= 11 is 5.82. The van der Waals surface area contributed by atoms with Crippen LogP contribution in [-0.2, 0) is 0 Å². The molecule has 21 heavy (non-hydrogen) atoms. The van der Waals surface area contributed by atoms with Crippen molar-refractivity contribution in [3.63, 3.8) is 0 Å². The van der Waals surface area contributed by atoms with E-state index in [0.717, 1.165) is 0 Å². The van der Waals surface area contributed by atoms with Crippen LogP contribution in [0.3, 0.4) is 0 Å². The van der Waals surface area contributed by atoms with E-state index in [9.17, 15) is 4.79 Å². The summed E-state index contributed by atoms with van der Waals surface area (Å²) in [6, 6.07) is 7.00. The molecule has 0 saturated carbocycles. The Morgan fingerprint density at radius 2 is 2.19 bits per heavy atom. The third-order valence-corrected chi connectivity index (χ3v) is 2.88. The number of carbonyl (C=O) groups excluding carboxylic acids is 1. The fourth-order valence-corrected chi connectivity index (χ4v) is 1.90. The van der Waals surface area contributed by atoms with Crippen molar-refractivity contribution in [2.24, 2.45) is 0 Å². The Balaban J connectivity index is 2.00. The van der Waals surface area contributed by atoms with Crippen molar-refractivity contribution in [1.82, 2.24) is 30.1 Å². The van der Waals surface area contributed by atoms with Gasteiger partial charge in [0, 0.05) is 19.3 Å². The standard InChI is InChI=1S/C12H10ClN7O/c1-14-11(21)10-7(6-8(13)17-18-10)15-12-16-9-4-2-3-5-20(9)19-12/h2-6H,1H3,(H,14,21)(H,15,17,19). The average Bonchev–Trinajstić information content (AvgIpc) is 2.89. The van der Waals surface area contributed by atoms with Gasteiger partial charge in [0.15, 0.2) is 16.5 Å². The number of amides is 1. The van der Waals surface area contributed by atoms with Crippen LogP contribution in [-0.4, -0.2) is 37.8 Å². The minimum Gasteiger partial charge on any atom is -0.354 e. The van der Waals surface area contributed by atoms with Crippen molar-refractivity contribution >= 4 is 34.8 Å². The molecule has 8 nitrogen and oxygen atoms in total.